The standard InChI is InChI=1S/C16H27NO/c1-4-11-17-12-7-8-14(3)18-16-10-6-9-15(5-2)13-16/h6,9-10,13-14,17H,4-5,7-8,11-12H2,1-3H3. The van der Waals surface area contributed by atoms with Crippen LogP contribution < -0.4 is 10.1 Å². The molecule has 102 valence electrons. The van der Waals surface area contributed by atoms with Gasteiger partial charge in [-0.3, -0.25) is 0 Å². The van der Waals surface area contributed by atoms with Crippen molar-refractivity contribution in [1.82, 2.24) is 5.32 Å². The van der Waals surface area contributed by atoms with E-state index < -0.39 is 0 Å². The normalized spacial score (nSPS) is 12.4. The molecule has 1 atom stereocenters. The summed E-state index contributed by atoms with van der Waals surface area (Å²) in [6.45, 7) is 8.73. The van der Waals surface area contributed by atoms with Crippen molar-refractivity contribution in [3.8, 4) is 5.75 Å². The lowest BCUT2D eigenvalue weighted by atomic mass is 10.1. The third-order valence-corrected chi connectivity index (χ3v) is 3.03. The fourth-order valence-corrected chi connectivity index (χ4v) is 1.95. The molecule has 0 amide bonds. The van der Waals surface area contributed by atoms with E-state index in [4.69, 9.17) is 4.74 Å². The Morgan fingerprint density at radius 3 is 2.78 bits per heavy atom. The van der Waals surface area contributed by atoms with Gasteiger partial charge in [0.05, 0.1) is 6.10 Å². The van der Waals surface area contributed by atoms with Gasteiger partial charge in [0.15, 0.2) is 0 Å². The second kappa shape index (κ2) is 8.98. The van der Waals surface area contributed by atoms with E-state index in [9.17, 15) is 0 Å². The molecule has 0 saturated carbocycles. The summed E-state index contributed by atoms with van der Waals surface area (Å²) >= 11 is 0. The van der Waals surface area contributed by atoms with Crippen LogP contribution in [0, 0.1) is 0 Å². The van der Waals surface area contributed by atoms with E-state index in [1.54, 1.807) is 0 Å². The first-order valence-electron chi connectivity index (χ1n) is 7.22. The third kappa shape index (κ3) is 6.06. The van der Waals surface area contributed by atoms with Crippen LogP contribution in [-0.4, -0.2) is 19.2 Å². The van der Waals surface area contributed by atoms with Gasteiger partial charge in [-0.15, -0.1) is 0 Å². The Balaban J connectivity index is 2.24. The van der Waals surface area contributed by atoms with Crippen molar-refractivity contribution in [1.29, 1.82) is 0 Å². The van der Waals surface area contributed by atoms with Gasteiger partial charge in [0.2, 0.25) is 0 Å². The summed E-state index contributed by atoms with van der Waals surface area (Å²) in [5.74, 6) is 1.00. The summed E-state index contributed by atoms with van der Waals surface area (Å²) in [5.41, 5.74) is 1.34. The van der Waals surface area contributed by atoms with Crippen molar-refractivity contribution in [3.05, 3.63) is 29.8 Å². The molecule has 0 radical (unpaired) electrons. The van der Waals surface area contributed by atoms with Gasteiger partial charge >= 0.3 is 0 Å². The average molecular weight is 249 g/mol. The topological polar surface area (TPSA) is 21.3 Å². The molecule has 2 heteroatoms. The first kappa shape index (κ1) is 15.0. The summed E-state index contributed by atoms with van der Waals surface area (Å²) in [5, 5.41) is 3.42. The van der Waals surface area contributed by atoms with Crippen LogP contribution in [0.25, 0.3) is 0 Å². The van der Waals surface area contributed by atoms with Crippen LogP contribution in [0.2, 0.25) is 0 Å². The van der Waals surface area contributed by atoms with Crippen LogP contribution in [0.15, 0.2) is 24.3 Å². The lowest BCUT2D eigenvalue weighted by molar-refractivity contribution is 0.207. The summed E-state index contributed by atoms with van der Waals surface area (Å²) in [7, 11) is 0. The number of aryl methyl sites for hydroxylation is 1. The minimum Gasteiger partial charge on any atom is -0.491 e. The van der Waals surface area contributed by atoms with Crippen LogP contribution in [0.5, 0.6) is 5.75 Å². The van der Waals surface area contributed by atoms with Gasteiger partial charge in [0.25, 0.3) is 0 Å². The molecule has 0 aromatic heterocycles. The Morgan fingerprint density at radius 2 is 2.06 bits per heavy atom. The fourth-order valence-electron chi connectivity index (χ4n) is 1.95. The highest BCUT2D eigenvalue weighted by atomic mass is 16.5. The fraction of sp³-hybridized carbons (Fsp3) is 0.625. The molecule has 0 fully saturated rings. The van der Waals surface area contributed by atoms with Crippen LogP contribution in [0.3, 0.4) is 0 Å². The zero-order valence-electron chi connectivity index (χ0n) is 12.0. The Bertz CT molecular complexity index is 325. The number of hydrogen-bond acceptors (Lipinski definition) is 2. The van der Waals surface area contributed by atoms with E-state index in [1.807, 2.05) is 6.07 Å². The van der Waals surface area contributed by atoms with Crippen molar-refractivity contribution in [2.75, 3.05) is 13.1 Å². The first-order valence-corrected chi connectivity index (χ1v) is 7.22. The molecule has 0 heterocycles. The monoisotopic (exact) mass is 249 g/mol. The Morgan fingerprint density at radius 1 is 1.22 bits per heavy atom. The molecular weight excluding hydrogens is 222 g/mol. The van der Waals surface area contributed by atoms with Crippen LogP contribution in [0.1, 0.15) is 45.6 Å². The van der Waals surface area contributed by atoms with Crippen molar-refractivity contribution >= 4 is 0 Å². The van der Waals surface area contributed by atoms with Crippen molar-refractivity contribution in [2.45, 2.75) is 52.6 Å². The molecule has 1 aromatic rings. The van der Waals surface area contributed by atoms with Crippen LogP contribution in [-0.2, 0) is 6.42 Å². The highest BCUT2D eigenvalue weighted by molar-refractivity contribution is 5.28. The Labute approximate surface area is 112 Å². The number of rotatable bonds is 9. The molecule has 0 saturated heterocycles. The molecule has 0 spiro atoms. The molecular formula is C16H27NO. The Hall–Kier alpha value is -1.02. The second-order valence-electron chi connectivity index (χ2n) is 4.82. The summed E-state index contributed by atoms with van der Waals surface area (Å²) in [4.78, 5) is 0. The van der Waals surface area contributed by atoms with Crippen molar-refractivity contribution in [3.63, 3.8) is 0 Å². The SMILES string of the molecule is CCCNCCCC(C)Oc1cccc(CC)c1. The minimum absolute atomic E-state index is 0.292. The molecule has 1 aromatic carbocycles. The van der Waals surface area contributed by atoms with Crippen LogP contribution >= 0.6 is 0 Å². The Kier molecular flexibility index (Phi) is 7.51. The molecule has 1 unspecified atom stereocenters. The maximum absolute atomic E-state index is 5.94. The number of benzene rings is 1. The smallest absolute Gasteiger partial charge is 0.119 e. The summed E-state index contributed by atoms with van der Waals surface area (Å²) < 4.78 is 5.94. The predicted octanol–water partition coefficient (Wildman–Crippen LogP) is 3.80. The van der Waals surface area contributed by atoms with E-state index in [0.29, 0.717) is 6.10 Å². The molecule has 0 aliphatic heterocycles. The lowest BCUT2D eigenvalue weighted by Gasteiger charge is -2.15. The zero-order chi connectivity index (χ0) is 13.2. The van der Waals surface area contributed by atoms with Crippen molar-refractivity contribution < 1.29 is 4.74 Å². The van der Waals surface area contributed by atoms with Gasteiger partial charge in [0, 0.05) is 0 Å². The molecule has 1 rings (SSSR count). The number of hydrogen-bond donors (Lipinski definition) is 1. The summed E-state index contributed by atoms with van der Waals surface area (Å²) in [6.07, 6.45) is 4.84. The van der Waals surface area contributed by atoms with E-state index in [0.717, 1.165) is 31.7 Å². The van der Waals surface area contributed by atoms with E-state index in [1.165, 1.54) is 18.4 Å². The van der Waals surface area contributed by atoms with Gasteiger partial charge in [-0.05, 0) is 63.4 Å². The number of nitrogens with one attached hydrogen (secondary N) is 1. The van der Waals surface area contributed by atoms with Gasteiger partial charge in [-0.2, -0.15) is 0 Å². The molecule has 18 heavy (non-hydrogen) atoms. The van der Waals surface area contributed by atoms with E-state index in [-0.39, 0.29) is 0 Å². The van der Waals surface area contributed by atoms with Gasteiger partial charge in [-0.25, -0.2) is 0 Å². The first-order chi connectivity index (χ1) is 8.76. The molecule has 0 bridgehead atoms. The zero-order valence-corrected chi connectivity index (χ0v) is 12.0. The largest absolute Gasteiger partial charge is 0.491 e. The molecule has 1 N–H and O–H groups in total. The lowest BCUT2D eigenvalue weighted by Crippen LogP contribution is -2.19. The highest BCUT2D eigenvalue weighted by Crippen LogP contribution is 2.16. The van der Waals surface area contributed by atoms with Gasteiger partial charge in [0.1, 0.15) is 5.75 Å². The minimum atomic E-state index is 0.292. The van der Waals surface area contributed by atoms with Crippen molar-refractivity contribution in [2.24, 2.45) is 0 Å². The highest BCUT2D eigenvalue weighted by Gasteiger charge is 2.04. The summed E-state index contributed by atoms with van der Waals surface area (Å²) in [6, 6.07) is 8.41. The second-order valence-corrected chi connectivity index (χ2v) is 4.82. The predicted molar refractivity (Wildman–Crippen MR) is 78.3 cm³/mol. The molecule has 0 aliphatic carbocycles. The van der Waals surface area contributed by atoms with E-state index in [2.05, 4.69) is 44.3 Å². The average Bonchev–Trinajstić information content (AvgIpc) is 2.38. The van der Waals surface area contributed by atoms with E-state index >= 15 is 0 Å². The van der Waals surface area contributed by atoms with Gasteiger partial charge < -0.3 is 10.1 Å². The molecule has 2 nitrogen and oxygen atoms in total. The quantitative estimate of drug-likeness (QED) is 0.672. The third-order valence-electron chi connectivity index (χ3n) is 3.03. The maximum atomic E-state index is 5.94. The maximum Gasteiger partial charge on any atom is 0.119 e. The van der Waals surface area contributed by atoms with Gasteiger partial charge in [-0.1, -0.05) is 26.0 Å². The molecule has 0 aliphatic rings. The van der Waals surface area contributed by atoms with Crippen LogP contribution in [0.4, 0.5) is 0 Å². The number of ether oxygens (including phenoxy) is 1.